The van der Waals surface area contributed by atoms with Crippen LogP contribution in [-0.4, -0.2) is 29.6 Å². The average molecular weight is 225 g/mol. The van der Waals surface area contributed by atoms with Crippen LogP contribution in [0.4, 0.5) is 0 Å². The molecule has 16 heavy (non-hydrogen) atoms. The van der Waals surface area contributed by atoms with E-state index < -0.39 is 5.97 Å². The van der Waals surface area contributed by atoms with E-state index in [1.807, 2.05) is 19.2 Å². The summed E-state index contributed by atoms with van der Waals surface area (Å²) in [5, 5.41) is 8.47. The summed E-state index contributed by atoms with van der Waals surface area (Å²) < 4.78 is 5.24. The molecule has 0 unspecified atom stereocenters. The number of carboxylic acid groups (broad SMARTS) is 1. The molecule has 0 radical (unpaired) electrons. The number of carbonyl (C=O) groups is 1. The molecule has 1 heterocycles. The van der Waals surface area contributed by atoms with E-state index in [1.165, 1.54) is 0 Å². The van der Waals surface area contributed by atoms with Gasteiger partial charge < -0.3 is 9.52 Å². The zero-order valence-corrected chi connectivity index (χ0v) is 9.69. The number of rotatable bonds is 8. The van der Waals surface area contributed by atoms with Gasteiger partial charge in [0.2, 0.25) is 0 Å². The number of hydrogen-bond donors (Lipinski definition) is 1. The zero-order chi connectivity index (χ0) is 11.8. The van der Waals surface area contributed by atoms with Gasteiger partial charge in [-0.1, -0.05) is 6.42 Å². The highest BCUT2D eigenvalue weighted by Gasteiger charge is 2.02. The predicted molar refractivity (Wildman–Crippen MR) is 61.1 cm³/mol. The van der Waals surface area contributed by atoms with E-state index in [-0.39, 0.29) is 6.42 Å². The monoisotopic (exact) mass is 225 g/mol. The van der Waals surface area contributed by atoms with E-state index >= 15 is 0 Å². The van der Waals surface area contributed by atoms with Gasteiger partial charge in [0.25, 0.3) is 0 Å². The Morgan fingerprint density at radius 2 is 2.25 bits per heavy atom. The first-order valence-electron chi connectivity index (χ1n) is 5.61. The largest absolute Gasteiger partial charge is 0.481 e. The Kier molecular flexibility index (Phi) is 5.64. The van der Waals surface area contributed by atoms with Crippen molar-refractivity contribution in [3.8, 4) is 0 Å². The summed E-state index contributed by atoms with van der Waals surface area (Å²) in [6.45, 7) is 1.78. The van der Waals surface area contributed by atoms with E-state index in [0.29, 0.717) is 0 Å². The number of carboxylic acids is 1. The van der Waals surface area contributed by atoms with Gasteiger partial charge in [-0.3, -0.25) is 9.69 Å². The van der Waals surface area contributed by atoms with Crippen molar-refractivity contribution in [3.63, 3.8) is 0 Å². The SMILES string of the molecule is CN(CCCCCC(=O)O)Cc1ccco1. The Bertz CT molecular complexity index is 295. The van der Waals surface area contributed by atoms with Crippen LogP contribution >= 0.6 is 0 Å². The lowest BCUT2D eigenvalue weighted by atomic mass is 10.2. The fraction of sp³-hybridized carbons (Fsp3) is 0.583. The molecule has 0 aromatic carbocycles. The molecule has 0 fully saturated rings. The zero-order valence-electron chi connectivity index (χ0n) is 9.69. The van der Waals surface area contributed by atoms with Gasteiger partial charge in [-0.25, -0.2) is 0 Å². The Balaban J connectivity index is 2.02. The first-order valence-corrected chi connectivity index (χ1v) is 5.61. The summed E-state index contributed by atoms with van der Waals surface area (Å²) in [6.07, 6.45) is 4.72. The van der Waals surface area contributed by atoms with E-state index in [2.05, 4.69) is 4.90 Å². The van der Waals surface area contributed by atoms with Crippen LogP contribution in [0, 0.1) is 0 Å². The molecule has 0 atom stereocenters. The molecule has 1 N–H and O–H groups in total. The number of aliphatic carboxylic acids is 1. The molecule has 0 spiro atoms. The van der Waals surface area contributed by atoms with E-state index in [0.717, 1.165) is 38.1 Å². The van der Waals surface area contributed by atoms with Gasteiger partial charge in [-0.2, -0.15) is 0 Å². The molecule has 90 valence electrons. The fourth-order valence-corrected chi connectivity index (χ4v) is 1.58. The van der Waals surface area contributed by atoms with Gasteiger partial charge in [-0.05, 0) is 38.6 Å². The molecule has 0 aliphatic carbocycles. The summed E-state index contributed by atoms with van der Waals surface area (Å²) in [5.74, 6) is 0.261. The molecule has 0 aliphatic heterocycles. The molecule has 0 amide bonds. The molecule has 1 aromatic heterocycles. The van der Waals surface area contributed by atoms with Gasteiger partial charge in [-0.15, -0.1) is 0 Å². The standard InChI is InChI=1S/C12H19NO3/c1-13(10-11-6-5-9-16-11)8-4-2-3-7-12(14)15/h5-6,9H,2-4,7-8,10H2,1H3,(H,14,15). The Morgan fingerprint density at radius 3 is 2.88 bits per heavy atom. The van der Waals surface area contributed by atoms with Crippen LogP contribution in [0.2, 0.25) is 0 Å². The molecule has 0 bridgehead atoms. The summed E-state index contributed by atoms with van der Waals surface area (Å²) in [5.41, 5.74) is 0. The lowest BCUT2D eigenvalue weighted by molar-refractivity contribution is -0.137. The topological polar surface area (TPSA) is 53.7 Å². The maximum Gasteiger partial charge on any atom is 0.303 e. The number of unbranched alkanes of at least 4 members (excludes halogenated alkanes) is 2. The number of furan rings is 1. The van der Waals surface area contributed by atoms with Gasteiger partial charge >= 0.3 is 5.97 Å². The van der Waals surface area contributed by atoms with E-state index in [9.17, 15) is 4.79 Å². The van der Waals surface area contributed by atoms with Crippen LogP contribution in [-0.2, 0) is 11.3 Å². The second-order valence-corrected chi connectivity index (χ2v) is 4.02. The van der Waals surface area contributed by atoms with Crippen LogP contribution < -0.4 is 0 Å². The van der Waals surface area contributed by atoms with Crippen molar-refractivity contribution >= 4 is 5.97 Å². The minimum absolute atomic E-state index is 0.280. The van der Waals surface area contributed by atoms with E-state index in [4.69, 9.17) is 9.52 Å². The maximum absolute atomic E-state index is 10.3. The highest BCUT2D eigenvalue weighted by atomic mass is 16.4. The van der Waals surface area contributed by atoms with Crippen molar-refractivity contribution in [2.45, 2.75) is 32.2 Å². The van der Waals surface area contributed by atoms with Crippen molar-refractivity contribution in [1.82, 2.24) is 4.90 Å². The molecule has 0 saturated carbocycles. The van der Waals surface area contributed by atoms with Crippen LogP contribution in [0.5, 0.6) is 0 Å². The Morgan fingerprint density at radius 1 is 1.44 bits per heavy atom. The third-order valence-electron chi connectivity index (χ3n) is 2.44. The van der Waals surface area contributed by atoms with Gasteiger partial charge in [0.1, 0.15) is 5.76 Å². The van der Waals surface area contributed by atoms with Gasteiger partial charge in [0.05, 0.1) is 12.8 Å². The van der Waals surface area contributed by atoms with Crippen molar-refractivity contribution in [3.05, 3.63) is 24.2 Å². The Labute approximate surface area is 95.9 Å². The summed E-state index contributed by atoms with van der Waals surface area (Å²) in [4.78, 5) is 12.5. The quantitative estimate of drug-likeness (QED) is 0.690. The molecular formula is C12H19NO3. The Hall–Kier alpha value is -1.29. The first-order chi connectivity index (χ1) is 7.68. The van der Waals surface area contributed by atoms with Crippen LogP contribution in [0.1, 0.15) is 31.4 Å². The predicted octanol–water partition coefficient (Wildman–Crippen LogP) is 2.36. The molecule has 0 aliphatic rings. The lowest BCUT2D eigenvalue weighted by Crippen LogP contribution is -2.18. The van der Waals surface area contributed by atoms with E-state index in [1.54, 1.807) is 6.26 Å². The van der Waals surface area contributed by atoms with Crippen molar-refractivity contribution in [2.24, 2.45) is 0 Å². The number of hydrogen-bond acceptors (Lipinski definition) is 3. The molecule has 1 rings (SSSR count). The second kappa shape index (κ2) is 7.06. The summed E-state index contributed by atoms with van der Waals surface area (Å²) in [6, 6.07) is 3.84. The number of nitrogens with zero attached hydrogens (tertiary/aromatic N) is 1. The molecule has 0 saturated heterocycles. The van der Waals surface area contributed by atoms with Gasteiger partial charge in [0, 0.05) is 6.42 Å². The molecule has 4 nitrogen and oxygen atoms in total. The highest BCUT2D eigenvalue weighted by Crippen LogP contribution is 2.06. The molecule has 4 heteroatoms. The summed E-state index contributed by atoms with van der Waals surface area (Å²) >= 11 is 0. The minimum Gasteiger partial charge on any atom is -0.481 e. The maximum atomic E-state index is 10.3. The van der Waals surface area contributed by atoms with Gasteiger partial charge in [0.15, 0.2) is 0 Å². The molecular weight excluding hydrogens is 206 g/mol. The first kappa shape index (κ1) is 12.8. The van der Waals surface area contributed by atoms with Crippen LogP contribution in [0.15, 0.2) is 22.8 Å². The van der Waals surface area contributed by atoms with Crippen LogP contribution in [0.25, 0.3) is 0 Å². The third-order valence-corrected chi connectivity index (χ3v) is 2.44. The molecule has 1 aromatic rings. The minimum atomic E-state index is -0.705. The summed E-state index contributed by atoms with van der Waals surface area (Å²) in [7, 11) is 2.04. The van der Waals surface area contributed by atoms with Crippen molar-refractivity contribution in [1.29, 1.82) is 0 Å². The third kappa shape index (κ3) is 5.56. The normalized spacial score (nSPS) is 10.9. The fourth-order valence-electron chi connectivity index (χ4n) is 1.58. The second-order valence-electron chi connectivity index (χ2n) is 4.02. The lowest BCUT2D eigenvalue weighted by Gasteiger charge is -2.14. The smallest absolute Gasteiger partial charge is 0.303 e. The van der Waals surface area contributed by atoms with Crippen LogP contribution in [0.3, 0.4) is 0 Å². The van der Waals surface area contributed by atoms with Crippen molar-refractivity contribution < 1.29 is 14.3 Å². The van der Waals surface area contributed by atoms with Crippen molar-refractivity contribution in [2.75, 3.05) is 13.6 Å². The average Bonchev–Trinajstić information content (AvgIpc) is 2.69. The highest BCUT2D eigenvalue weighted by molar-refractivity contribution is 5.66.